The Labute approximate surface area is 77.6 Å². The van der Waals surface area contributed by atoms with Crippen LogP contribution in [0.3, 0.4) is 0 Å². The number of rotatable bonds is 2. The first-order chi connectivity index (χ1) is 4.43. The van der Waals surface area contributed by atoms with Crippen LogP contribution in [0.25, 0.3) is 0 Å². The molecule has 0 saturated heterocycles. The van der Waals surface area contributed by atoms with Crippen LogP contribution in [0.15, 0.2) is 24.4 Å². The molecule has 0 aliphatic rings. The zero-order valence-corrected chi connectivity index (χ0v) is 7.36. The van der Waals surface area contributed by atoms with Gasteiger partial charge in [-0.1, -0.05) is 6.07 Å². The molecule has 1 aromatic heterocycles. The lowest BCUT2D eigenvalue weighted by atomic mass is 10.4. The second kappa shape index (κ2) is 7.75. The number of hydrogen-bond donors (Lipinski definition) is 2. The van der Waals surface area contributed by atoms with Crippen molar-refractivity contribution in [3.05, 3.63) is 30.1 Å². The number of hydroxylamine groups is 1. The van der Waals surface area contributed by atoms with Crippen molar-refractivity contribution in [2.45, 2.75) is 6.54 Å². The Balaban J connectivity index is 0. The maximum atomic E-state index is 8.23. The fraction of sp³-hybridized carbons (Fsp3) is 0.167. The molecule has 5 heteroatoms. The SMILES string of the molecule is Cl.Cl.ONCc1ccccn1. The van der Waals surface area contributed by atoms with Crippen LogP contribution < -0.4 is 5.48 Å². The van der Waals surface area contributed by atoms with Crippen molar-refractivity contribution in [2.24, 2.45) is 0 Å². The van der Waals surface area contributed by atoms with Crippen molar-refractivity contribution in [3.8, 4) is 0 Å². The van der Waals surface area contributed by atoms with Crippen molar-refractivity contribution >= 4 is 24.8 Å². The van der Waals surface area contributed by atoms with Crippen LogP contribution in [0, 0.1) is 0 Å². The quantitative estimate of drug-likeness (QED) is 0.704. The predicted molar refractivity (Wildman–Crippen MR) is 47.4 cm³/mol. The van der Waals surface area contributed by atoms with Gasteiger partial charge in [0.2, 0.25) is 0 Å². The van der Waals surface area contributed by atoms with Gasteiger partial charge < -0.3 is 5.21 Å². The fourth-order valence-electron chi connectivity index (χ4n) is 0.584. The van der Waals surface area contributed by atoms with Crippen molar-refractivity contribution in [3.63, 3.8) is 0 Å². The highest BCUT2D eigenvalue weighted by molar-refractivity contribution is 5.85. The molecule has 11 heavy (non-hydrogen) atoms. The van der Waals surface area contributed by atoms with Crippen LogP contribution in [-0.2, 0) is 6.54 Å². The highest BCUT2D eigenvalue weighted by atomic mass is 35.5. The number of aromatic nitrogens is 1. The maximum Gasteiger partial charge on any atom is 0.0631 e. The van der Waals surface area contributed by atoms with E-state index in [1.54, 1.807) is 6.20 Å². The van der Waals surface area contributed by atoms with E-state index >= 15 is 0 Å². The molecule has 0 aliphatic heterocycles. The van der Waals surface area contributed by atoms with Crippen LogP contribution >= 0.6 is 24.8 Å². The summed E-state index contributed by atoms with van der Waals surface area (Å²) < 4.78 is 0. The van der Waals surface area contributed by atoms with Crippen LogP contribution in [0.5, 0.6) is 0 Å². The highest BCUT2D eigenvalue weighted by Gasteiger charge is 1.86. The monoisotopic (exact) mass is 196 g/mol. The van der Waals surface area contributed by atoms with Crippen LogP contribution in [-0.4, -0.2) is 10.2 Å². The van der Waals surface area contributed by atoms with E-state index in [-0.39, 0.29) is 24.8 Å². The second-order valence-electron chi connectivity index (χ2n) is 1.66. The molecule has 0 spiro atoms. The molecular formula is C6H10Cl2N2O. The molecule has 0 saturated carbocycles. The Morgan fingerprint density at radius 1 is 1.36 bits per heavy atom. The molecule has 1 heterocycles. The molecule has 0 aromatic carbocycles. The maximum absolute atomic E-state index is 8.23. The molecule has 0 unspecified atom stereocenters. The molecule has 0 radical (unpaired) electrons. The summed E-state index contributed by atoms with van der Waals surface area (Å²) in [5.41, 5.74) is 2.85. The molecule has 0 bridgehead atoms. The first kappa shape index (κ1) is 13.3. The summed E-state index contributed by atoms with van der Waals surface area (Å²) in [4.78, 5) is 3.95. The molecule has 64 valence electrons. The van der Waals surface area contributed by atoms with Gasteiger partial charge >= 0.3 is 0 Å². The Bertz CT molecular complexity index is 171. The lowest BCUT2D eigenvalue weighted by Gasteiger charge is -1.93. The summed E-state index contributed by atoms with van der Waals surface area (Å²) in [7, 11) is 0. The van der Waals surface area contributed by atoms with Crippen molar-refractivity contribution in [1.82, 2.24) is 10.5 Å². The summed E-state index contributed by atoms with van der Waals surface area (Å²) in [5, 5.41) is 8.23. The lowest BCUT2D eigenvalue weighted by molar-refractivity contribution is 0.160. The van der Waals surface area contributed by atoms with E-state index in [0.717, 1.165) is 5.69 Å². The standard InChI is InChI=1S/C6H8N2O.2ClH/c9-8-5-6-3-1-2-4-7-6;;/h1-4,8-9H,5H2;2*1H. The summed E-state index contributed by atoms with van der Waals surface area (Å²) >= 11 is 0. The molecule has 1 aromatic rings. The average molecular weight is 197 g/mol. The number of pyridine rings is 1. The third-order valence-corrected chi connectivity index (χ3v) is 0.986. The van der Waals surface area contributed by atoms with Gasteiger partial charge in [-0.25, -0.2) is 0 Å². The van der Waals surface area contributed by atoms with Crippen LogP contribution in [0.1, 0.15) is 5.69 Å². The van der Waals surface area contributed by atoms with E-state index in [2.05, 4.69) is 4.98 Å². The number of hydrogen-bond acceptors (Lipinski definition) is 3. The van der Waals surface area contributed by atoms with Gasteiger partial charge in [-0.3, -0.25) is 4.98 Å². The Hall–Kier alpha value is -0.350. The first-order valence-corrected chi connectivity index (χ1v) is 2.70. The van der Waals surface area contributed by atoms with Crippen molar-refractivity contribution in [1.29, 1.82) is 0 Å². The summed E-state index contributed by atoms with van der Waals surface area (Å²) in [6.07, 6.45) is 1.69. The Morgan fingerprint density at radius 2 is 2.09 bits per heavy atom. The number of nitrogens with one attached hydrogen (secondary N) is 1. The van der Waals surface area contributed by atoms with E-state index in [0.29, 0.717) is 6.54 Å². The first-order valence-electron chi connectivity index (χ1n) is 2.70. The molecule has 0 amide bonds. The topological polar surface area (TPSA) is 45.1 Å². The van der Waals surface area contributed by atoms with E-state index in [1.807, 2.05) is 23.7 Å². The van der Waals surface area contributed by atoms with Gasteiger partial charge in [0.25, 0.3) is 0 Å². The molecular weight excluding hydrogens is 187 g/mol. The Morgan fingerprint density at radius 3 is 2.55 bits per heavy atom. The van der Waals surface area contributed by atoms with Gasteiger partial charge in [-0.2, -0.15) is 5.48 Å². The van der Waals surface area contributed by atoms with Gasteiger partial charge in [0.1, 0.15) is 0 Å². The zero-order valence-electron chi connectivity index (χ0n) is 5.73. The summed E-state index contributed by atoms with van der Waals surface area (Å²) in [6.45, 7) is 0.404. The van der Waals surface area contributed by atoms with E-state index in [9.17, 15) is 0 Å². The lowest BCUT2D eigenvalue weighted by Crippen LogP contribution is -2.06. The molecule has 3 nitrogen and oxygen atoms in total. The Kier molecular flexibility index (Phi) is 9.34. The average Bonchev–Trinajstić information content (AvgIpc) is 1.91. The van der Waals surface area contributed by atoms with Crippen LogP contribution in [0.2, 0.25) is 0 Å². The largest absolute Gasteiger partial charge is 0.316 e. The van der Waals surface area contributed by atoms with Crippen molar-refractivity contribution in [2.75, 3.05) is 0 Å². The van der Waals surface area contributed by atoms with Gasteiger partial charge in [0, 0.05) is 6.20 Å². The van der Waals surface area contributed by atoms with Crippen LogP contribution in [0.4, 0.5) is 0 Å². The third kappa shape index (κ3) is 4.98. The summed E-state index contributed by atoms with van der Waals surface area (Å²) in [5.74, 6) is 0. The normalized spacial score (nSPS) is 7.73. The zero-order chi connectivity index (χ0) is 6.53. The molecule has 0 atom stereocenters. The highest BCUT2D eigenvalue weighted by Crippen LogP contribution is 1.89. The smallest absolute Gasteiger partial charge is 0.0631 e. The fourth-order valence-corrected chi connectivity index (χ4v) is 0.584. The molecule has 0 fully saturated rings. The molecule has 0 aliphatic carbocycles. The van der Waals surface area contributed by atoms with Gasteiger partial charge in [0.15, 0.2) is 0 Å². The molecule has 1 rings (SSSR count). The van der Waals surface area contributed by atoms with Gasteiger partial charge in [0.05, 0.1) is 12.2 Å². The molecule has 2 N–H and O–H groups in total. The minimum Gasteiger partial charge on any atom is -0.316 e. The minimum atomic E-state index is 0. The van der Waals surface area contributed by atoms with Crippen molar-refractivity contribution < 1.29 is 5.21 Å². The van der Waals surface area contributed by atoms with E-state index in [4.69, 9.17) is 5.21 Å². The predicted octanol–water partition coefficient (Wildman–Crippen LogP) is 1.40. The minimum absolute atomic E-state index is 0. The van der Waals surface area contributed by atoms with Gasteiger partial charge in [-0.15, -0.1) is 24.8 Å². The van der Waals surface area contributed by atoms with Gasteiger partial charge in [-0.05, 0) is 12.1 Å². The summed E-state index contributed by atoms with van der Waals surface area (Å²) in [6, 6.07) is 5.55. The number of halogens is 2. The second-order valence-corrected chi connectivity index (χ2v) is 1.66. The van der Waals surface area contributed by atoms with E-state index in [1.165, 1.54) is 0 Å². The third-order valence-electron chi connectivity index (χ3n) is 0.986. The van der Waals surface area contributed by atoms with E-state index < -0.39 is 0 Å². The number of nitrogens with zero attached hydrogens (tertiary/aromatic N) is 1.